The topological polar surface area (TPSA) is 54.0 Å². The van der Waals surface area contributed by atoms with Gasteiger partial charge < -0.3 is 10.6 Å². The maximum Gasteiger partial charge on any atom is 0.251 e. The number of aryl methyl sites for hydroxylation is 3. The Labute approximate surface area is 129 Å². The molecule has 1 atom stereocenters. The van der Waals surface area contributed by atoms with Crippen molar-refractivity contribution in [2.75, 3.05) is 12.4 Å². The first kappa shape index (κ1) is 15.5. The van der Waals surface area contributed by atoms with Crippen LogP contribution in [-0.2, 0) is 0 Å². The number of thiazole rings is 1. The van der Waals surface area contributed by atoms with E-state index < -0.39 is 0 Å². The molecule has 1 unspecified atom stereocenters. The molecule has 0 spiro atoms. The van der Waals surface area contributed by atoms with E-state index in [0.29, 0.717) is 5.56 Å². The van der Waals surface area contributed by atoms with Gasteiger partial charge in [0.25, 0.3) is 5.91 Å². The van der Waals surface area contributed by atoms with Crippen molar-refractivity contribution >= 4 is 22.9 Å². The lowest BCUT2D eigenvalue weighted by Crippen LogP contribution is -2.18. The number of anilines is 1. The summed E-state index contributed by atoms with van der Waals surface area (Å²) in [5.41, 5.74) is 3.80. The summed E-state index contributed by atoms with van der Waals surface area (Å²) in [4.78, 5) is 17.6. The molecule has 21 heavy (non-hydrogen) atoms. The van der Waals surface area contributed by atoms with Gasteiger partial charge in [-0.2, -0.15) is 0 Å². The molecule has 0 aliphatic rings. The third-order valence-corrected chi connectivity index (χ3v) is 4.35. The standard InChI is InChI=1S/C16H21N3OS/c1-9-6-7-13(16(20)17-5)8-14(9)18-10(2)15-11(3)21-12(4)19-15/h6-8,10,18H,1-5H3,(H,17,20). The van der Waals surface area contributed by atoms with Crippen LogP contribution in [-0.4, -0.2) is 17.9 Å². The summed E-state index contributed by atoms with van der Waals surface area (Å²) in [6.07, 6.45) is 0. The largest absolute Gasteiger partial charge is 0.377 e. The van der Waals surface area contributed by atoms with Gasteiger partial charge in [0.2, 0.25) is 0 Å². The van der Waals surface area contributed by atoms with Crippen molar-refractivity contribution in [1.29, 1.82) is 0 Å². The Morgan fingerprint density at radius 3 is 2.57 bits per heavy atom. The molecule has 1 aromatic heterocycles. The van der Waals surface area contributed by atoms with Gasteiger partial charge in [0.05, 0.1) is 16.7 Å². The van der Waals surface area contributed by atoms with Gasteiger partial charge in [0, 0.05) is 23.2 Å². The summed E-state index contributed by atoms with van der Waals surface area (Å²) in [7, 11) is 1.64. The molecular weight excluding hydrogens is 282 g/mol. The lowest BCUT2D eigenvalue weighted by atomic mass is 10.1. The molecule has 0 bridgehead atoms. The summed E-state index contributed by atoms with van der Waals surface area (Å²) >= 11 is 1.71. The van der Waals surface area contributed by atoms with Crippen LogP contribution in [0.4, 0.5) is 5.69 Å². The number of carbonyl (C=O) groups excluding carboxylic acids is 1. The van der Waals surface area contributed by atoms with E-state index in [9.17, 15) is 4.79 Å². The molecule has 0 saturated heterocycles. The molecule has 0 aliphatic heterocycles. The van der Waals surface area contributed by atoms with Gasteiger partial charge in [-0.1, -0.05) is 6.07 Å². The normalized spacial score (nSPS) is 12.0. The SMILES string of the molecule is CNC(=O)c1ccc(C)c(NC(C)c2nc(C)sc2C)c1. The molecule has 5 heteroatoms. The first-order valence-electron chi connectivity index (χ1n) is 6.95. The minimum Gasteiger partial charge on any atom is -0.377 e. The van der Waals surface area contributed by atoms with E-state index in [1.165, 1.54) is 4.88 Å². The van der Waals surface area contributed by atoms with Gasteiger partial charge in [0.1, 0.15) is 0 Å². The van der Waals surface area contributed by atoms with Gasteiger partial charge in [-0.15, -0.1) is 11.3 Å². The average Bonchev–Trinajstić information content (AvgIpc) is 2.79. The Morgan fingerprint density at radius 2 is 2.00 bits per heavy atom. The molecule has 2 aromatic rings. The molecule has 0 radical (unpaired) electrons. The minimum absolute atomic E-state index is 0.0774. The van der Waals surface area contributed by atoms with Gasteiger partial charge in [-0.3, -0.25) is 4.79 Å². The van der Waals surface area contributed by atoms with E-state index >= 15 is 0 Å². The van der Waals surface area contributed by atoms with Gasteiger partial charge in [-0.25, -0.2) is 4.98 Å². The number of nitrogens with one attached hydrogen (secondary N) is 2. The molecule has 0 fully saturated rings. The summed E-state index contributed by atoms with van der Waals surface area (Å²) in [5, 5.41) is 7.19. The van der Waals surface area contributed by atoms with Crippen molar-refractivity contribution in [3.05, 3.63) is 44.9 Å². The highest BCUT2D eigenvalue weighted by molar-refractivity contribution is 7.11. The van der Waals surface area contributed by atoms with Gasteiger partial charge >= 0.3 is 0 Å². The molecule has 2 rings (SSSR count). The highest BCUT2D eigenvalue weighted by Gasteiger charge is 2.14. The quantitative estimate of drug-likeness (QED) is 0.907. The number of nitrogens with zero attached hydrogens (tertiary/aromatic N) is 1. The Morgan fingerprint density at radius 1 is 1.29 bits per heavy atom. The molecule has 1 heterocycles. The fraction of sp³-hybridized carbons (Fsp3) is 0.375. The molecule has 112 valence electrons. The summed E-state index contributed by atoms with van der Waals surface area (Å²) in [6, 6.07) is 5.79. The Bertz CT molecular complexity index is 664. The average molecular weight is 303 g/mol. The van der Waals surface area contributed by atoms with Crippen molar-refractivity contribution < 1.29 is 4.79 Å². The Hall–Kier alpha value is -1.88. The summed E-state index contributed by atoms with van der Waals surface area (Å²) < 4.78 is 0. The van der Waals surface area contributed by atoms with E-state index in [1.807, 2.05) is 32.0 Å². The number of amides is 1. The molecule has 1 aromatic carbocycles. The van der Waals surface area contributed by atoms with E-state index in [1.54, 1.807) is 18.4 Å². The van der Waals surface area contributed by atoms with Crippen LogP contribution in [0.1, 0.15) is 44.5 Å². The minimum atomic E-state index is -0.0774. The van der Waals surface area contributed by atoms with Gasteiger partial charge in [0.15, 0.2) is 0 Å². The molecule has 4 nitrogen and oxygen atoms in total. The predicted molar refractivity (Wildman–Crippen MR) is 88.2 cm³/mol. The molecule has 2 N–H and O–H groups in total. The Kier molecular flexibility index (Phi) is 4.63. The predicted octanol–water partition coefficient (Wildman–Crippen LogP) is 3.60. The fourth-order valence-corrected chi connectivity index (χ4v) is 3.23. The number of benzene rings is 1. The maximum absolute atomic E-state index is 11.7. The number of rotatable bonds is 4. The van der Waals surface area contributed by atoms with Crippen LogP contribution in [0, 0.1) is 20.8 Å². The van der Waals surface area contributed by atoms with E-state index in [4.69, 9.17) is 0 Å². The molecular formula is C16H21N3OS. The second kappa shape index (κ2) is 6.26. The number of aromatic nitrogens is 1. The smallest absolute Gasteiger partial charge is 0.251 e. The third-order valence-electron chi connectivity index (χ3n) is 3.45. The van der Waals surface area contributed by atoms with Crippen molar-refractivity contribution in [1.82, 2.24) is 10.3 Å². The summed E-state index contributed by atoms with van der Waals surface area (Å²) in [5.74, 6) is -0.0774. The highest BCUT2D eigenvalue weighted by atomic mass is 32.1. The van der Waals surface area contributed by atoms with Crippen molar-refractivity contribution in [2.24, 2.45) is 0 Å². The van der Waals surface area contributed by atoms with Crippen LogP contribution in [0.15, 0.2) is 18.2 Å². The second-order valence-corrected chi connectivity index (χ2v) is 6.56. The first-order valence-corrected chi connectivity index (χ1v) is 7.77. The highest BCUT2D eigenvalue weighted by Crippen LogP contribution is 2.27. The number of carbonyl (C=O) groups is 1. The number of hydrogen-bond donors (Lipinski definition) is 2. The van der Waals surface area contributed by atoms with E-state index in [0.717, 1.165) is 22.0 Å². The van der Waals surface area contributed by atoms with E-state index in [-0.39, 0.29) is 11.9 Å². The molecule has 1 amide bonds. The zero-order valence-electron chi connectivity index (χ0n) is 13.1. The van der Waals surface area contributed by atoms with Crippen LogP contribution in [0.2, 0.25) is 0 Å². The molecule has 0 aliphatic carbocycles. The van der Waals surface area contributed by atoms with Crippen molar-refractivity contribution in [3.63, 3.8) is 0 Å². The fourth-order valence-electron chi connectivity index (χ4n) is 2.31. The van der Waals surface area contributed by atoms with Crippen LogP contribution in [0.5, 0.6) is 0 Å². The number of hydrogen-bond acceptors (Lipinski definition) is 4. The monoisotopic (exact) mass is 303 g/mol. The molecule has 0 saturated carbocycles. The van der Waals surface area contributed by atoms with Gasteiger partial charge in [-0.05, 0) is 45.4 Å². The second-order valence-electron chi connectivity index (χ2n) is 5.15. The third kappa shape index (κ3) is 3.42. The zero-order chi connectivity index (χ0) is 15.6. The van der Waals surface area contributed by atoms with Crippen LogP contribution in [0.25, 0.3) is 0 Å². The maximum atomic E-state index is 11.7. The van der Waals surface area contributed by atoms with Crippen LogP contribution < -0.4 is 10.6 Å². The zero-order valence-corrected chi connectivity index (χ0v) is 13.9. The first-order chi connectivity index (χ1) is 9.92. The Balaban J connectivity index is 2.26. The van der Waals surface area contributed by atoms with E-state index in [2.05, 4.69) is 29.5 Å². The van der Waals surface area contributed by atoms with Crippen molar-refractivity contribution in [2.45, 2.75) is 33.7 Å². The van der Waals surface area contributed by atoms with Crippen LogP contribution in [0.3, 0.4) is 0 Å². The summed E-state index contributed by atoms with van der Waals surface area (Å²) in [6.45, 7) is 8.23. The lowest BCUT2D eigenvalue weighted by molar-refractivity contribution is 0.0963. The van der Waals surface area contributed by atoms with Crippen molar-refractivity contribution in [3.8, 4) is 0 Å². The van der Waals surface area contributed by atoms with Crippen LogP contribution >= 0.6 is 11.3 Å². The lowest BCUT2D eigenvalue weighted by Gasteiger charge is -2.17.